The lowest BCUT2D eigenvalue weighted by Crippen LogP contribution is -2.50. The van der Waals surface area contributed by atoms with Gasteiger partial charge in [-0.25, -0.2) is 9.97 Å². The molecule has 180 valence electrons. The Labute approximate surface area is 196 Å². The maximum atomic E-state index is 6.14. The second-order valence-corrected chi connectivity index (χ2v) is 8.45. The maximum absolute atomic E-state index is 6.14. The molecular formula is C23H36N8O2. The van der Waals surface area contributed by atoms with Crippen LogP contribution in [-0.2, 0) is 9.47 Å². The summed E-state index contributed by atoms with van der Waals surface area (Å²) < 4.78 is 11.8. The van der Waals surface area contributed by atoms with Crippen LogP contribution < -0.4 is 20.5 Å². The molecule has 2 aliphatic heterocycles. The van der Waals surface area contributed by atoms with E-state index in [1.165, 1.54) is 0 Å². The van der Waals surface area contributed by atoms with E-state index in [1.807, 2.05) is 33.0 Å². The Morgan fingerprint density at radius 2 is 2.09 bits per heavy atom. The fourth-order valence-electron chi connectivity index (χ4n) is 4.33. The van der Waals surface area contributed by atoms with Gasteiger partial charge in [-0.05, 0) is 45.4 Å². The molecule has 0 aromatic carbocycles. The van der Waals surface area contributed by atoms with Crippen molar-refractivity contribution in [2.24, 2.45) is 0 Å². The van der Waals surface area contributed by atoms with Gasteiger partial charge in [0.1, 0.15) is 17.2 Å². The van der Waals surface area contributed by atoms with Gasteiger partial charge in [0.15, 0.2) is 12.0 Å². The zero-order chi connectivity index (χ0) is 23.4. The van der Waals surface area contributed by atoms with Gasteiger partial charge < -0.3 is 25.0 Å². The van der Waals surface area contributed by atoms with Crippen LogP contribution in [0.25, 0.3) is 0 Å². The summed E-state index contributed by atoms with van der Waals surface area (Å²) in [6.07, 6.45) is 1.51. The normalized spacial score (nSPS) is 20.9. The highest BCUT2D eigenvalue weighted by atomic mass is 16.5. The Hall–Kier alpha value is -2.53. The average molecular weight is 457 g/mol. The predicted molar refractivity (Wildman–Crippen MR) is 130 cm³/mol. The third-order valence-electron chi connectivity index (χ3n) is 5.90. The number of hydrazine groups is 1. The van der Waals surface area contributed by atoms with E-state index in [4.69, 9.17) is 19.4 Å². The molecule has 0 saturated carbocycles. The molecule has 0 amide bonds. The van der Waals surface area contributed by atoms with Crippen molar-refractivity contribution in [3.63, 3.8) is 0 Å². The second-order valence-electron chi connectivity index (χ2n) is 8.45. The number of nitrogens with zero attached hydrogens (tertiary/aromatic N) is 6. The molecule has 2 aliphatic rings. The van der Waals surface area contributed by atoms with Gasteiger partial charge in [-0.15, -0.1) is 0 Å². The van der Waals surface area contributed by atoms with Gasteiger partial charge in [0.25, 0.3) is 0 Å². The van der Waals surface area contributed by atoms with Crippen LogP contribution in [0.3, 0.4) is 0 Å². The van der Waals surface area contributed by atoms with Crippen molar-refractivity contribution in [2.45, 2.75) is 40.0 Å². The molecule has 1 fully saturated rings. The number of hydrogen-bond acceptors (Lipinski definition) is 10. The third-order valence-corrected chi connectivity index (χ3v) is 5.90. The molecular weight excluding hydrogens is 420 g/mol. The largest absolute Gasteiger partial charge is 0.380 e. The summed E-state index contributed by atoms with van der Waals surface area (Å²) >= 11 is 0. The van der Waals surface area contributed by atoms with Crippen LogP contribution in [0.1, 0.15) is 38.3 Å². The third kappa shape index (κ3) is 5.19. The number of aromatic nitrogens is 3. The van der Waals surface area contributed by atoms with Crippen LogP contribution >= 0.6 is 0 Å². The molecule has 2 aromatic heterocycles. The molecule has 0 spiro atoms. The van der Waals surface area contributed by atoms with Gasteiger partial charge in [-0.2, -0.15) is 9.99 Å². The van der Waals surface area contributed by atoms with E-state index in [0.29, 0.717) is 38.4 Å². The number of hydrogen-bond donors (Lipinski definition) is 2. The van der Waals surface area contributed by atoms with Crippen molar-refractivity contribution < 1.29 is 9.47 Å². The molecule has 1 saturated heterocycles. The van der Waals surface area contributed by atoms with Gasteiger partial charge in [0.2, 0.25) is 5.95 Å². The highest BCUT2D eigenvalue weighted by molar-refractivity contribution is 5.76. The minimum absolute atomic E-state index is 0.292. The lowest BCUT2D eigenvalue weighted by Gasteiger charge is -2.32. The number of fused-ring (bicyclic) bond motifs is 1. The topological polar surface area (TPSA) is 90.9 Å². The van der Waals surface area contributed by atoms with Gasteiger partial charge >= 0.3 is 0 Å². The molecule has 0 radical (unpaired) electrons. The van der Waals surface area contributed by atoms with Crippen molar-refractivity contribution in [1.29, 1.82) is 0 Å². The number of piperazine rings is 1. The standard InChI is InChI=1S/C23H36N8O2/c1-6-32-13-12-31-20-19(22(29(31)5)33-7-2)27-23(30-11-10-24-17(4)15-30)28-21(20)26-18-14-16(3)8-9-25-18/h8-9,14,17,22,24H,6-7,10-13,15H2,1-5H3,(H,25,26,27,28)/t17-,22?/m1/s1. The van der Waals surface area contributed by atoms with Gasteiger partial charge in [-0.3, -0.25) is 5.01 Å². The molecule has 2 aromatic rings. The summed E-state index contributed by atoms with van der Waals surface area (Å²) in [5, 5.41) is 11.2. The second kappa shape index (κ2) is 10.6. The minimum Gasteiger partial charge on any atom is -0.380 e. The Morgan fingerprint density at radius 1 is 1.24 bits per heavy atom. The molecule has 0 bridgehead atoms. The summed E-state index contributed by atoms with van der Waals surface area (Å²) in [4.78, 5) is 16.8. The van der Waals surface area contributed by atoms with Gasteiger partial charge in [0, 0.05) is 52.1 Å². The van der Waals surface area contributed by atoms with Crippen LogP contribution in [0.4, 0.5) is 23.3 Å². The minimum atomic E-state index is -0.292. The fourth-order valence-corrected chi connectivity index (χ4v) is 4.33. The number of ether oxygens (including phenoxy) is 2. The number of pyridine rings is 1. The summed E-state index contributed by atoms with van der Waals surface area (Å²) in [5.74, 6) is 2.19. The lowest BCUT2D eigenvalue weighted by molar-refractivity contribution is -0.0421. The molecule has 2 atom stereocenters. The molecule has 1 unspecified atom stereocenters. The van der Waals surface area contributed by atoms with E-state index >= 15 is 0 Å². The van der Waals surface area contributed by atoms with E-state index in [2.05, 4.69) is 44.4 Å². The Morgan fingerprint density at radius 3 is 2.82 bits per heavy atom. The van der Waals surface area contributed by atoms with E-state index in [9.17, 15) is 0 Å². The summed E-state index contributed by atoms with van der Waals surface area (Å²) in [7, 11) is 2.02. The quantitative estimate of drug-likeness (QED) is 0.548. The molecule has 10 heteroatoms. The van der Waals surface area contributed by atoms with E-state index < -0.39 is 0 Å². The Bertz CT molecular complexity index is 943. The van der Waals surface area contributed by atoms with Crippen LogP contribution in [-0.4, -0.2) is 79.1 Å². The van der Waals surface area contributed by atoms with Crippen molar-refractivity contribution in [3.05, 3.63) is 29.6 Å². The molecule has 0 aliphatic carbocycles. The van der Waals surface area contributed by atoms with E-state index in [-0.39, 0.29) is 6.23 Å². The summed E-state index contributed by atoms with van der Waals surface area (Å²) in [6.45, 7) is 13.4. The Kier molecular flexibility index (Phi) is 7.59. The first-order valence-electron chi connectivity index (χ1n) is 11.8. The molecule has 4 rings (SSSR count). The summed E-state index contributed by atoms with van der Waals surface area (Å²) in [6, 6.07) is 4.37. The molecule has 2 N–H and O–H groups in total. The highest BCUT2D eigenvalue weighted by Gasteiger charge is 2.40. The number of aryl methyl sites for hydroxylation is 1. The Balaban J connectivity index is 1.78. The first-order valence-corrected chi connectivity index (χ1v) is 11.8. The lowest BCUT2D eigenvalue weighted by atomic mass is 10.2. The zero-order valence-corrected chi connectivity index (χ0v) is 20.3. The van der Waals surface area contributed by atoms with Crippen LogP contribution in [0, 0.1) is 6.92 Å². The van der Waals surface area contributed by atoms with E-state index in [0.717, 1.165) is 48.2 Å². The number of rotatable bonds is 9. The predicted octanol–water partition coefficient (Wildman–Crippen LogP) is 2.46. The van der Waals surface area contributed by atoms with Crippen molar-refractivity contribution in [2.75, 3.05) is 68.3 Å². The van der Waals surface area contributed by atoms with Gasteiger partial charge in [0.05, 0.1) is 13.2 Å². The highest BCUT2D eigenvalue weighted by Crippen LogP contribution is 2.44. The van der Waals surface area contributed by atoms with Crippen molar-refractivity contribution >= 4 is 23.3 Å². The van der Waals surface area contributed by atoms with Crippen LogP contribution in [0.15, 0.2) is 18.3 Å². The van der Waals surface area contributed by atoms with Crippen molar-refractivity contribution in [3.8, 4) is 0 Å². The SMILES string of the molecule is CCOCCN1c2c(Nc3cc(C)ccn3)nc(N3CCN[C@H](C)C3)nc2C(OCC)N1C. The van der Waals surface area contributed by atoms with Gasteiger partial charge in [-0.1, -0.05) is 0 Å². The maximum Gasteiger partial charge on any atom is 0.227 e. The first-order chi connectivity index (χ1) is 16.0. The van der Waals surface area contributed by atoms with E-state index in [1.54, 1.807) is 6.20 Å². The monoisotopic (exact) mass is 456 g/mol. The molecule has 4 heterocycles. The number of nitrogens with one attached hydrogen (secondary N) is 2. The zero-order valence-electron chi connectivity index (χ0n) is 20.3. The molecule has 10 nitrogen and oxygen atoms in total. The molecule has 33 heavy (non-hydrogen) atoms. The number of anilines is 4. The summed E-state index contributed by atoms with van der Waals surface area (Å²) in [5.41, 5.74) is 2.90. The first kappa shape index (κ1) is 23.6. The average Bonchev–Trinajstić information content (AvgIpc) is 3.06. The van der Waals surface area contributed by atoms with Crippen LogP contribution in [0.2, 0.25) is 0 Å². The smallest absolute Gasteiger partial charge is 0.227 e. The van der Waals surface area contributed by atoms with Crippen LogP contribution in [0.5, 0.6) is 0 Å². The van der Waals surface area contributed by atoms with Crippen molar-refractivity contribution in [1.82, 2.24) is 25.3 Å². The fraction of sp³-hybridized carbons (Fsp3) is 0.609.